The zero-order valence-corrected chi connectivity index (χ0v) is 19.7. The predicted octanol–water partition coefficient (Wildman–Crippen LogP) is 6.17. The molecule has 3 aromatic rings. The van der Waals surface area contributed by atoms with Gasteiger partial charge in [0.1, 0.15) is 12.4 Å². The largest absolute Gasteiger partial charge is 0.512 e. The summed E-state index contributed by atoms with van der Waals surface area (Å²) < 4.78 is 5.78. The minimum atomic E-state index is -0.499. The molecule has 1 aromatic heterocycles. The summed E-state index contributed by atoms with van der Waals surface area (Å²) in [6.07, 6.45) is 5.42. The maximum absolute atomic E-state index is 9.63. The van der Waals surface area contributed by atoms with Crippen LogP contribution in [-0.4, -0.2) is 30.0 Å². The molecule has 0 aliphatic rings. The number of aryl methyl sites for hydroxylation is 1. The molecule has 5 nitrogen and oxygen atoms in total. The van der Waals surface area contributed by atoms with Crippen molar-refractivity contribution >= 4 is 11.9 Å². The van der Waals surface area contributed by atoms with Gasteiger partial charge >= 0.3 is 0 Å². The van der Waals surface area contributed by atoms with Gasteiger partial charge in [0.2, 0.25) is 0 Å². The fourth-order valence-corrected chi connectivity index (χ4v) is 3.06. The van der Waals surface area contributed by atoms with Crippen molar-refractivity contribution in [3.8, 4) is 17.0 Å². The van der Waals surface area contributed by atoms with Crippen molar-refractivity contribution in [2.45, 2.75) is 20.8 Å². The average molecular weight is 442 g/mol. The Bertz CT molecular complexity index is 1140. The number of rotatable bonds is 9. The number of aromatic nitrogens is 1. The van der Waals surface area contributed by atoms with E-state index in [1.54, 1.807) is 12.4 Å². The maximum Gasteiger partial charge on any atom is 0.119 e. The van der Waals surface area contributed by atoms with Crippen LogP contribution in [0.15, 0.2) is 90.4 Å². The fourth-order valence-electron chi connectivity index (χ4n) is 3.06. The molecule has 1 heterocycles. The first-order valence-electron chi connectivity index (χ1n) is 10.8. The highest BCUT2D eigenvalue weighted by Crippen LogP contribution is 2.26. The summed E-state index contributed by atoms with van der Waals surface area (Å²) in [5.74, 6) is 0.845. The Morgan fingerprint density at radius 2 is 1.85 bits per heavy atom. The van der Waals surface area contributed by atoms with Crippen molar-refractivity contribution in [1.29, 1.82) is 0 Å². The number of aliphatic hydroxyl groups is 1. The van der Waals surface area contributed by atoms with Crippen LogP contribution in [0, 0.1) is 12.3 Å². The molecular formula is C28H31N3O2. The van der Waals surface area contributed by atoms with Gasteiger partial charge in [-0.05, 0) is 62.7 Å². The molecule has 170 valence electrons. The number of pyridine rings is 1. The van der Waals surface area contributed by atoms with Crippen LogP contribution in [0.1, 0.15) is 30.5 Å². The Hall–Kier alpha value is -3.86. The van der Waals surface area contributed by atoms with E-state index in [2.05, 4.69) is 40.9 Å². The highest BCUT2D eigenvalue weighted by atomic mass is 16.5. The second kappa shape index (κ2) is 10.6. The van der Waals surface area contributed by atoms with E-state index in [0.717, 1.165) is 33.8 Å². The van der Waals surface area contributed by atoms with Crippen LogP contribution in [0.5, 0.6) is 5.75 Å². The van der Waals surface area contributed by atoms with Crippen molar-refractivity contribution in [2.75, 3.05) is 13.7 Å². The lowest BCUT2D eigenvalue weighted by molar-refractivity contribution is 0.159. The molecule has 0 saturated heterocycles. The first kappa shape index (κ1) is 23.8. The van der Waals surface area contributed by atoms with Gasteiger partial charge in [0.05, 0.1) is 28.8 Å². The highest BCUT2D eigenvalue weighted by molar-refractivity contribution is 5.81. The first-order valence-corrected chi connectivity index (χ1v) is 10.8. The molecule has 0 spiro atoms. The zero-order valence-electron chi connectivity index (χ0n) is 19.7. The molecule has 0 unspecified atom stereocenters. The highest BCUT2D eigenvalue weighted by Gasteiger charge is 2.22. The predicted molar refractivity (Wildman–Crippen MR) is 137 cm³/mol. The van der Waals surface area contributed by atoms with Crippen LogP contribution in [0.3, 0.4) is 0 Å². The van der Waals surface area contributed by atoms with Crippen molar-refractivity contribution in [2.24, 2.45) is 10.4 Å². The Balaban J connectivity index is 1.65. The van der Waals surface area contributed by atoms with E-state index in [-0.39, 0.29) is 5.76 Å². The molecule has 0 bridgehead atoms. The Kier molecular flexibility index (Phi) is 7.67. The van der Waals surface area contributed by atoms with Crippen molar-refractivity contribution in [1.82, 2.24) is 10.3 Å². The summed E-state index contributed by atoms with van der Waals surface area (Å²) in [5, 5.41) is 12.8. The van der Waals surface area contributed by atoms with E-state index in [9.17, 15) is 5.11 Å². The SMILES string of the molecule is C=C(O)C(C)(C)COc1ccc(-c2ccc(C=N/C=C(\NC)c3ccccc3C)cn2)cc1. The molecule has 0 atom stereocenters. The lowest BCUT2D eigenvalue weighted by Gasteiger charge is -2.23. The molecule has 0 amide bonds. The van der Waals surface area contributed by atoms with E-state index in [4.69, 9.17) is 4.74 Å². The van der Waals surface area contributed by atoms with Gasteiger partial charge in [-0.1, -0.05) is 30.8 Å². The Morgan fingerprint density at radius 1 is 1.12 bits per heavy atom. The Labute approximate surface area is 196 Å². The summed E-state index contributed by atoms with van der Waals surface area (Å²) in [5.41, 5.74) is 5.56. The van der Waals surface area contributed by atoms with E-state index in [1.807, 2.05) is 75.6 Å². The molecule has 5 heteroatoms. The smallest absolute Gasteiger partial charge is 0.119 e. The third-order valence-corrected chi connectivity index (χ3v) is 5.45. The number of hydrogen-bond donors (Lipinski definition) is 2. The molecule has 3 rings (SSSR count). The minimum absolute atomic E-state index is 0.111. The summed E-state index contributed by atoms with van der Waals surface area (Å²) in [6.45, 7) is 9.80. The summed E-state index contributed by atoms with van der Waals surface area (Å²) in [6, 6.07) is 19.9. The van der Waals surface area contributed by atoms with Gasteiger partial charge in [0.15, 0.2) is 0 Å². The molecule has 0 aliphatic carbocycles. The molecule has 0 fully saturated rings. The fraction of sp³-hybridized carbons (Fsp3) is 0.214. The first-order chi connectivity index (χ1) is 15.8. The van der Waals surface area contributed by atoms with Gasteiger partial charge in [-0.15, -0.1) is 0 Å². The molecular weight excluding hydrogens is 410 g/mol. The standard InChI is InChI=1S/C28H31N3O2/c1-20-8-6-7-9-25(20)27(29-5)18-30-16-22-10-15-26(31-17-22)23-11-13-24(14-12-23)33-19-28(3,4)21(2)32/h6-18,29,32H,2,19H2,1,3-5H3/b27-18-,30-16?. The zero-order chi connectivity index (χ0) is 23.8. The van der Waals surface area contributed by atoms with Gasteiger partial charge in [0.25, 0.3) is 0 Å². The van der Waals surface area contributed by atoms with E-state index in [1.165, 1.54) is 5.56 Å². The second-order valence-corrected chi connectivity index (χ2v) is 8.51. The summed E-state index contributed by atoms with van der Waals surface area (Å²) in [4.78, 5) is 9.03. The number of hydrogen-bond acceptors (Lipinski definition) is 5. The lowest BCUT2D eigenvalue weighted by atomic mass is 9.93. The van der Waals surface area contributed by atoms with Gasteiger partial charge in [-0.2, -0.15) is 0 Å². The molecule has 0 saturated carbocycles. The van der Waals surface area contributed by atoms with Crippen LogP contribution in [0.2, 0.25) is 0 Å². The quantitative estimate of drug-likeness (QED) is 0.308. The number of nitrogens with one attached hydrogen (secondary N) is 1. The van der Waals surface area contributed by atoms with Gasteiger partial charge in [0, 0.05) is 36.1 Å². The van der Waals surface area contributed by atoms with E-state index < -0.39 is 5.41 Å². The van der Waals surface area contributed by atoms with Crippen LogP contribution in [0.25, 0.3) is 17.0 Å². The third-order valence-electron chi connectivity index (χ3n) is 5.45. The molecule has 0 radical (unpaired) electrons. The number of benzene rings is 2. The topological polar surface area (TPSA) is 66.7 Å². The van der Waals surface area contributed by atoms with Gasteiger partial charge in [-0.3, -0.25) is 9.98 Å². The monoisotopic (exact) mass is 441 g/mol. The van der Waals surface area contributed by atoms with Gasteiger partial charge in [-0.25, -0.2) is 0 Å². The van der Waals surface area contributed by atoms with Crippen LogP contribution in [0.4, 0.5) is 0 Å². The van der Waals surface area contributed by atoms with Gasteiger partial charge < -0.3 is 15.2 Å². The van der Waals surface area contributed by atoms with Crippen LogP contribution < -0.4 is 10.1 Å². The number of aliphatic hydroxyl groups excluding tert-OH is 1. The normalized spacial score (nSPS) is 12.1. The van der Waals surface area contributed by atoms with Crippen molar-refractivity contribution < 1.29 is 9.84 Å². The van der Waals surface area contributed by atoms with E-state index in [0.29, 0.717) is 6.61 Å². The average Bonchev–Trinajstić information content (AvgIpc) is 2.82. The van der Waals surface area contributed by atoms with E-state index >= 15 is 0 Å². The summed E-state index contributed by atoms with van der Waals surface area (Å²) in [7, 11) is 1.89. The molecule has 2 N–H and O–H groups in total. The Morgan fingerprint density at radius 3 is 2.45 bits per heavy atom. The molecule has 2 aromatic carbocycles. The molecule has 33 heavy (non-hydrogen) atoms. The maximum atomic E-state index is 9.63. The summed E-state index contributed by atoms with van der Waals surface area (Å²) >= 11 is 0. The lowest BCUT2D eigenvalue weighted by Crippen LogP contribution is -2.23. The van der Waals surface area contributed by atoms with Crippen LogP contribution >= 0.6 is 0 Å². The van der Waals surface area contributed by atoms with Crippen molar-refractivity contribution in [3.63, 3.8) is 0 Å². The number of ether oxygens (including phenoxy) is 1. The minimum Gasteiger partial charge on any atom is -0.512 e. The molecule has 0 aliphatic heterocycles. The third kappa shape index (κ3) is 6.32. The van der Waals surface area contributed by atoms with Crippen molar-refractivity contribution in [3.05, 3.63) is 102 Å². The second-order valence-electron chi connectivity index (χ2n) is 8.51. The number of nitrogens with zero attached hydrogens (tertiary/aromatic N) is 2. The number of aliphatic imine (C=N–C) groups is 1. The van der Waals surface area contributed by atoms with Crippen LogP contribution in [-0.2, 0) is 0 Å².